The molecule has 3 N–H and O–H groups in total. The van der Waals surface area contributed by atoms with Crippen molar-refractivity contribution in [2.75, 3.05) is 24.6 Å². The van der Waals surface area contributed by atoms with Gasteiger partial charge in [0.2, 0.25) is 0 Å². The fraction of sp³-hybridized carbons (Fsp3) is 0.259. The van der Waals surface area contributed by atoms with Crippen LogP contribution >= 0.6 is 0 Å². The molecule has 1 saturated heterocycles. The number of ether oxygens (including phenoxy) is 1. The molecule has 1 aliphatic rings. The number of carbonyl (C=O) groups excluding carboxylic acids is 1. The number of aromatic amines is 1. The number of benzene rings is 1. The van der Waals surface area contributed by atoms with E-state index < -0.39 is 35.3 Å². The number of aliphatic hydroxyl groups is 1. The molecule has 5 heterocycles. The van der Waals surface area contributed by atoms with Crippen LogP contribution in [0.4, 0.5) is 14.6 Å². The van der Waals surface area contributed by atoms with Gasteiger partial charge in [0.1, 0.15) is 28.8 Å². The van der Waals surface area contributed by atoms with Crippen LogP contribution in [0.1, 0.15) is 23.7 Å². The number of nitrogens with one attached hydrogen (secondary N) is 2. The highest BCUT2D eigenvalue weighted by Gasteiger charge is 2.31. The summed E-state index contributed by atoms with van der Waals surface area (Å²) in [6.07, 6.45) is 4.72. The lowest BCUT2D eigenvalue weighted by Crippen LogP contribution is -2.54. The number of pyridine rings is 2. The Kier molecular flexibility index (Phi) is 6.31. The maximum Gasteiger partial charge on any atom is 0.257 e. The summed E-state index contributed by atoms with van der Waals surface area (Å²) in [6, 6.07) is 8.33. The fourth-order valence-corrected chi connectivity index (χ4v) is 5.00. The minimum Gasteiger partial charge on any atom is -0.492 e. The first-order valence-corrected chi connectivity index (χ1v) is 12.6. The molecule has 2 atom stereocenters. The van der Waals surface area contributed by atoms with Gasteiger partial charge in [-0.05, 0) is 43.7 Å². The van der Waals surface area contributed by atoms with Crippen LogP contribution in [0.2, 0.25) is 0 Å². The molecule has 5 aromatic rings. The highest BCUT2D eigenvalue weighted by Crippen LogP contribution is 2.33. The van der Waals surface area contributed by atoms with Gasteiger partial charge >= 0.3 is 0 Å². The molecule has 39 heavy (non-hydrogen) atoms. The highest BCUT2D eigenvalue weighted by molar-refractivity contribution is 6.01. The molecule has 0 unspecified atom stereocenters. The summed E-state index contributed by atoms with van der Waals surface area (Å²) in [5.74, 6) is -1.46. The number of nitrogens with zero attached hydrogens (tertiary/aromatic N) is 5. The number of amides is 1. The number of aliphatic hydroxyl groups excluding tert-OH is 1. The second-order valence-corrected chi connectivity index (χ2v) is 9.33. The average molecular weight is 534 g/mol. The number of rotatable bonds is 6. The van der Waals surface area contributed by atoms with Gasteiger partial charge in [-0.25, -0.2) is 18.3 Å². The number of hydrogen-bond donors (Lipinski definition) is 3. The van der Waals surface area contributed by atoms with Crippen molar-refractivity contribution in [3.05, 3.63) is 72.2 Å². The van der Waals surface area contributed by atoms with Gasteiger partial charge in [0.05, 0.1) is 42.0 Å². The van der Waals surface area contributed by atoms with E-state index in [1.54, 1.807) is 16.9 Å². The van der Waals surface area contributed by atoms with Crippen molar-refractivity contribution >= 4 is 28.3 Å². The zero-order chi connectivity index (χ0) is 27.1. The van der Waals surface area contributed by atoms with Crippen molar-refractivity contribution in [3.63, 3.8) is 0 Å². The monoisotopic (exact) mass is 533 g/mol. The molecule has 0 saturated carbocycles. The quantitative estimate of drug-likeness (QED) is 0.306. The number of piperidine rings is 1. The first kappa shape index (κ1) is 24.7. The molecule has 1 fully saturated rings. The Bertz CT molecular complexity index is 1650. The van der Waals surface area contributed by atoms with Crippen LogP contribution < -0.4 is 15.0 Å². The number of carbonyl (C=O) groups is 1. The fourth-order valence-electron chi connectivity index (χ4n) is 5.00. The molecule has 0 radical (unpaired) electrons. The van der Waals surface area contributed by atoms with Crippen LogP contribution in [-0.4, -0.2) is 67.7 Å². The summed E-state index contributed by atoms with van der Waals surface area (Å²) in [7, 11) is 0. The Labute approximate surface area is 221 Å². The number of hydrogen-bond acceptors (Lipinski definition) is 7. The predicted octanol–water partition coefficient (Wildman–Crippen LogP) is 3.32. The van der Waals surface area contributed by atoms with Crippen molar-refractivity contribution in [1.29, 1.82) is 0 Å². The minimum atomic E-state index is -0.956. The largest absolute Gasteiger partial charge is 0.492 e. The summed E-state index contributed by atoms with van der Waals surface area (Å²) in [5.41, 5.74) is 2.61. The molecule has 0 spiro atoms. The number of β-amino-alcohol motifs (C(OH)–C–C–N with tert-alkyl or cyclic N) is 1. The van der Waals surface area contributed by atoms with Crippen LogP contribution in [0.25, 0.3) is 27.7 Å². The van der Waals surface area contributed by atoms with Crippen molar-refractivity contribution in [3.8, 4) is 16.9 Å². The van der Waals surface area contributed by atoms with Gasteiger partial charge in [-0.1, -0.05) is 6.07 Å². The Morgan fingerprint density at radius 1 is 1.23 bits per heavy atom. The number of H-pyrrole nitrogens is 1. The van der Waals surface area contributed by atoms with E-state index in [0.29, 0.717) is 36.8 Å². The summed E-state index contributed by atoms with van der Waals surface area (Å²) in [6.45, 7) is 3.10. The summed E-state index contributed by atoms with van der Waals surface area (Å²) >= 11 is 0. The zero-order valence-corrected chi connectivity index (χ0v) is 20.9. The lowest BCUT2D eigenvalue weighted by molar-refractivity contribution is 0.0790. The van der Waals surface area contributed by atoms with Crippen LogP contribution in [0.15, 0.2) is 55.0 Å². The second kappa shape index (κ2) is 9.95. The lowest BCUT2D eigenvalue weighted by atomic mass is 10.0. The van der Waals surface area contributed by atoms with Gasteiger partial charge in [0, 0.05) is 30.4 Å². The third-order valence-electron chi connectivity index (χ3n) is 6.88. The predicted molar refractivity (Wildman–Crippen MR) is 140 cm³/mol. The molecule has 0 aliphatic carbocycles. The average Bonchev–Trinajstić information content (AvgIpc) is 3.51. The minimum absolute atomic E-state index is 0.194. The molecular weight excluding hydrogens is 508 g/mol. The summed E-state index contributed by atoms with van der Waals surface area (Å²) in [4.78, 5) is 19.0. The highest BCUT2D eigenvalue weighted by atomic mass is 19.1. The van der Waals surface area contributed by atoms with Crippen molar-refractivity contribution < 1.29 is 23.4 Å². The van der Waals surface area contributed by atoms with Gasteiger partial charge in [-0.2, -0.15) is 5.10 Å². The molecule has 1 amide bonds. The van der Waals surface area contributed by atoms with E-state index in [-0.39, 0.29) is 6.54 Å². The van der Waals surface area contributed by atoms with Crippen LogP contribution in [-0.2, 0) is 0 Å². The molecule has 200 valence electrons. The van der Waals surface area contributed by atoms with E-state index in [9.17, 15) is 18.7 Å². The molecule has 10 nitrogen and oxygen atoms in total. The topological polar surface area (TPSA) is 121 Å². The Morgan fingerprint density at radius 3 is 2.77 bits per heavy atom. The van der Waals surface area contributed by atoms with Crippen LogP contribution in [0.5, 0.6) is 5.75 Å². The Balaban J connectivity index is 1.20. The SMILES string of the molecule is CCOc1cc(-c2ccc(N3CC[C@H](NC(=O)c4c(F)cccc4F)[C@H](O)C3)nc2)c2c3cn[nH]c3nn2c1. The molecule has 1 aliphatic heterocycles. The van der Waals surface area contributed by atoms with Crippen LogP contribution in [0, 0.1) is 11.6 Å². The molecule has 0 bridgehead atoms. The molecular formula is C27H25F2N7O3. The number of anilines is 1. The van der Waals surface area contributed by atoms with Gasteiger partial charge in [0.15, 0.2) is 5.65 Å². The normalized spacial score (nSPS) is 17.6. The van der Waals surface area contributed by atoms with Crippen molar-refractivity contribution in [1.82, 2.24) is 30.1 Å². The smallest absolute Gasteiger partial charge is 0.257 e. The Morgan fingerprint density at radius 2 is 2.05 bits per heavy atom. The zero-order valence-electron chi connectivity index (χ0n) is 20.9. The van der Waals surface area contributed by atoms with Gasteiger partial charge in [-0.15, -0.1) is 5.10 Å². The number of fused-ring (bicyclic) bond motifs is 3. The molecule has 6 rings (SSSR count). The number of halogens is 2. The van der Waals surface area contributed by atoms with E-state index in [1.165, 1.54) is 6.07 Å². The first-order valence-electron chi connectivity index (χ1n) is 12.6. The standard InChI is InChI=1S/C27H25F2N7O3/c1-2-39-16-10-17(25-18-12-31-33-26(18)34-36(25)13-16)15-6-7-23(30-11-15)35-9-8-21(22(37)14-35)32-27(38)24-19(28)4-3-5-20(24)29/h3-7,10-13,21-22,37H,2,8-9,14H2,1H3,(H,32,38)(H,33,34)/t21-,22+/m0/s1. The van der Waals surface area contributed by atoms with E-state index in [2.05, 4.69) is 25.6 Å². The van der Waals surface area contributed by atoms with E-state index in [1.807, 2.05) is 36.2 Å². The van der Waals surface area contributed by atoms with E-state index >= 15 is 0 Å². The van der Waals surface area contributed by atoms with Crippen molar-refractivity contribution in [2.45, 2.75) is 25.5 Å². The third kappa shape index (κ3) is 4.52. The molecule has 1 aromatic carbocycles. The maximum atomic E-state index is 14.0. The molecule has 4 aromatic heterocycles. The summed E-state index contributed by atoms with van der Waals surface area (Å²) < 4.78 is 35.5. The van der Waals surface area contributed by atoms with Crippen LogP contribution in [0.3, 0.4) is 0 Å². The lowest BCUT2D eigenvalue weighted by Gasteiger charge is -2.37. The van der Waals surface area contributed by atoms with Gasteiger partial charge in [-0.3, -0.25) is 9.89 Å². The van der Waals surface area contributed by atoms with Gasteiger partial charge in [0.25, 0.3) is 5.91 Å². The van der Waals surface area contributed by atoms with E-state index in [0.717, 1.165) is 34.2 Å². The Hall–Kier alpha value is -4.58. The van der Waals surface area contributed by atoms with Gasteiger partial charge < -0.3 is 20.1 Å². The van der Waals surface area contributed by atoms with E-state index in [4.69, 9.17) is 4.74 Å². The number of aromatic nitrogens is 5. The second-order valence-electron chi connectivity index (χ2n) is 9.33. The first-order chi connectivity index (χ1) is 18.9. The maximum absolute atomic E-state index is 14.0. The third-order valence-corrected chi connectivity index (χ3v) is 6.88. The van der Waals surface area contributed by atoms with Crippen molar-refractivity contribution in [2.24, 2.45) is 0 Å². The molecule has 12 heteroatoms. The summed E-state index contributed by atoms with van der Waals surface area (Å²) in [5, 5.41) is 25.7.